The number of hydrogen-bond acceptors (Lipinski definition) is 3. The van der Waals surface area contributed by atoms with Crippen LogP contribution in [0.2, 0.25) is 0 Å². The molecule has 2 atom stereocenters. The van der Waals surface area contributed by atoms with Crippen molar-refractivity contribution in [1.29, 1.82) is 0 Å². The minimum absolute atomic E-state index is 0.342. The third-order valence-electron chi connectivity index (χ3n) is 4.39. The van der Waals surface area contributed by atoms with Crippen molar-refractivity contribution in [2.24, 2.45) is 0 Å². The number of hydrogen-bond donors (Lipinski definition) is 4. The maximum atomic E-state index is 11.4. The van der Waals surface area contributed by atoms with E-state index in [1.165, 1.54) is 64.2 Å². The van der Waals surface area contributed by atoms with Crippen molar-refractivity contribution in [1.82, 2.24) is 10.6 Å². The molecule has 0 spiro atoms. The summed E-state index contributed by atoms with van der Waals surface area (Å²) in [5.41, 5.74) is 0. The van der Waals surface area contributed by atoms with Gasteiger partial charge >= 0.3 is 6.03 Å². The zero-order chi connectivity index (χ0) is 19.5. The van der Waals surface area contributed by atoms with E-state index in [1.54, 1.807) is 6.92 Å². The molecule has 0 aliphatic carbocycles. The van der Waals surface area contributed by atoms with Crippen molar-refractivity contribution in [2.45, 2.75) is 103 Å². The van der Waals surface area contributed by atoms with Gasteiger partial charge < -0.3 is 20.8 Å². The Kier molecular flexibility index (Phi) is 17.6. The van der Waals surface area contributed by atoms with Crippen molar-refractivity contribution < 1.29 is 15.0 Å². The maximum Gasteiger partial charge on any atom is 0.315 e. The Bertz CT molecular complexity index is 390. The van der Waals surface area contributed by atoms with Gasteiger partial charge in [-0.05, 0) is 13.3 Å². The SMILES string of the molecule is CCCCCCCCCCCCCC#C[C@@H](O)[C@H](CO)NC(=O)NCC. The molecule has 5 heteroatoms. The summed E-state index contributed by atoms with van der Waals surface area (Å²) < 4.78 is 0. The van der Waals surface area contributed by atoms with E-state index >= 15 is 0 Å². The van der Waals surface area contributed by atoms with Gasteiger partial charge in [0.15, 0.2) is 0 Å². The fourth-order valence-electron chi connectivity index (χ4n) is 2.76. The number of urea groups is 1. The molecule has 26 heavy (non-hydrogen) atoms. The molecule has 152 valence electrons. The highest BCUT2D eigenvalue weighted by Gasteiger charge is 2.18. The Labute approximate surface area is 160 Å². The Morgan fingerprint density at radius 3 is 1.96 bits per heavy atom. The molecule has 0 aromatic carbocycles. The third-order valence-corrected chi connectivity index (χ3v) is 4.39. The van der Waals surface area contributed by atoms with Crippen LogP contribution in [0, 0.1) is 11.8 Å². The lowest BCUT2D eigenvalue weighted by Crippen LogP contribution is -2.49. The van der Waals surface area contributed by atoms with Crippen LogP contribution in [0.1, 0.15) is 90.9 Å². The summed E-state index contributed by atoms with van der Waals surface area (Å²) in [6.07, 6.45) is 14.0. The van der Waals surface area contributed by atoms with E-state index in [0.717, 1.165) is 12.8 Å². The van der Waals surface area contributed by atoms with Crippen LogP contribution in [0.25, 0.3) is 0 Å². The fourth-order valence-corrected chi connectivity index (χ4v) is 2.76. The van der Waals surface area contributed by atoms with Gasteiger partial charge in [-0.3, -0.25) is 0 Å². The Morgan fingerprint density at radius 2 is 1.46 bits per heavy atom. The van der Waals surface area contributed by atoms with Crippen molar-refractivity contribution in [3.8, 4) is 11.8 Å². The summed E-state index contributed by atoms with van der Waals surface area (Å²) in [4.78, 5) is 11.4. The molecule has 4 N–H and O–H groups in total. The van der Waals surface area contributed by atoms with Crippen molar-refractivity contribution in [3.05, 3.63) is 0 Å². The summed E-state index contributed by atoms with van der Waals surface area (Å²) >= 11 is 0. The Balaban J connectivity index is 3.64. The van der Waals surface area contributed by atoms with E-state index < -0.39 is 18.2 Å². The van der Waals surface area contributed by atoms with E-state index in [-0.39, 0.29) is 6.61 Å². The second-order valence-electron chi connectivity index (χ2n) is 6.84. The lowest BCUT2D eigenvalue weighted by atomic mass is 10.1. The molecule has 0 aromatic rings. The first-order chi connectivity index (χ1) is 12.7. The lowest BCUT2D eigenvalue weighted by molar-refractivity contribution is 0.131. The van der Waals surface area contributed by atoms with Crippen LogP contribution in [0.4, 0.5) is 4.79 Å². The molecular formula is C21H40N2O3. The summed E-state index contributed by atoms with van der Waals surface area (Å²) in [5.74, 6) is 5.67. The molecule has 0 saturated heterocycles. The largest absolute Gasteiger partial charge is 0.394 e. The molecule has 0 fully saturated rings. The van der Waals surface area contributed by atoms with Gasteiger partial charge in [0.05, 0.1) is 12.6 Å². The summed E-state index contributed by atoms with van der Waals surface area (Å²) in [5, 5.41) is 24.2. The molecule has 0 saturated carbocycles. The van der Waals surface area contributed by atoms with E-state index in [0.29, 0.717) is 6.54 Å². The summed E-state index contributed by atoms with van der Waals surface area (Å²) in [6, 6.07) is -1.16. The molecule has 0 aliphatic rings. The van der Waals surface area contributed by atoms with Crippen LogP contribution in [0.5, 0.6) is 0 Å². The predicted octanol–water partition coefficient (Wildman–Crippen LogP) is 3.73. The molecule has 0 aliphatic heterocycles. The van der Waals surface area contributed by atoms with E-state index in [4.69, 9.17) is 0 Å². The number of carbonyl (C=O) groups excluding carboxylic acids is 1. The zero-order valence-corrected chi connectivity index (χ0v) is 16.9. The first-order valence-corrected chi connectivity index (χ1v) is 10.5. The van der Waals surface area contributed by atoms with Crippen LogP contribution < -0.4 is 10.6 Å². The van der Waals surface area contributed by atoms with E-state index in [1.807, 2.05) is 0 Å². The molecular weight excluding hydrogens is 328 g/mol. The first kappa shape index (κ1) is 24.8. The van der Waals surface area contributed by atoms with Gasteiger partial charge in [0.1, 0.15) is 6.10 Å². The van der Waals surface area contributed by atoms with Gasteiger partial charge in [-0.25, -0.2) is 4.79 Å². The molecule has 0 rings (SSSR count). The van der Waals surface area contributed by atoms with Crippen molar-refractivity contribution in [3.63, 3.8) is 0 Å². The number of aliphatic hydroxyl groups is 2. The van der Waals surface area contributed by atoms with Gasteiger partial charge in [0.25, 0.3) is 0 Å². The number of rotatable bonds is 15. The lowest BCUT2D eigenvalue weighted by Gasteiger charge is -2.18. The normalized spacial score (nSPS) is 12.8. The molecule has 0 aromatic heterocycles. The average molecular weight is 369 g/mol. The monoisotopic (exact) mass is 368 g/mol. The second kappa shape index (κ2) is 18.5. The number of aliphatic hydroxyl groups excluding tert-OH is 2. The van der Waals surface area contributed by atoms with Gasteiger partial charge in [-0.1, -0.05) is 77.1 Å². The van der Waals surface area contributed by atoms with E-state index in [2.05, 4.69) is 29.4 Å². The first-order valence-electron chi connectivity index (χ1n) is 10.5. The number of nitrogens with one attached hydrogen (secondary N) is 2. The molecule has 0 bridgehead atoms. The number of amides is 2. The van der Waals surface area contributed by atoms with Gasteiger partial charge in [0.2, 0.25) is 0 Å². The van der Waals surface area contributed by atoms with Crippen LogP contribution >= 0.6 is 0 Å². The topological polar surface area (TPSA) is 81.6 Å². The highest BCUT2D eigenvalue weighted by atomic mass is 16.3. The molecule has 0 unspecified atom stereocenters. The molecule has 5 nitrogen and oxygen atoms in total. The maximum absolute atomic E-state index is 11.4. The van der Waals surface area contributed by atoms with Gasteiger partial charge in [0, 0.05) is 13.0 Å². The Morgan fingerprint density at radius 1 is 0.923 bits per heavy atom. The fraction of sp³-hybridized carbons (Fsp3) is 0.857. The minimum Gasteiger partial charge on any atom is -0.394 e. The van der Waals surface area contributed by atoms with Crippen LogP contribution in [-0.4, -0.2) is 41.5 Å². The highest BCUT2D eigenvalue weighted by molar-refractivity contribution is 5.74. The van der Waals surface area contributed by atoms with Gasteiger partial charge in [-0.2, -0.15) is 0 Å². The second-order valence-corrected chi connectivity index (χ2v) is 6.84. The third kappa shape index (κ3) is 15.0. The smallest absolute Gasteiger partial charge is 0.315 e. The standard InChI is InChI=1S/C21H40N2O3/c1-3-5-6-7-8-9-10-11-12-13-14-15-16-17-20(25)19(18-24)23-21(26)22-4-2/h19-20,24-25H,3-15,18H2,1-2H3,(H2,22,23,26)/t19-,20+/m0/s1. The van der Waals surface area contributed by atoms with Crippen LogP contribution in [0.15, 0.2) is 0 Å². The van der Waals surface area contributed by atoms with Gasteiger partial charge in [-0.15, -0.1) is 5.92 Å². The summed E-state index contributed by atoms with van der Waals surface area (Å²) in [7, 11) is 0. The zero-order valence-electron chi connectivity index (χ0n) is 16.9. The van der Waals surface area contributed by atoms with E-state index in [9.17, 15) is 15.0 Å². The highest BCUT2D eigenvalue weighted by Crippen LogP contribution is 2.11. The van der Waals surface area contributed by atoms with Crippen LogP contribution in [0.3, 0.4) is 0 Å². The molecule has 2 amide bonds. The number of unbranched alkanes of at least 4 members (excludes halogenated alkanes) is 11. The van der Waals surface area contributed by atoms with Crippen LogP contribution in [-0.2, 0) is 0 Å². The predicted molar refractivity (Wildman–Crippen MR) is 108 cm³/mol. The Hall–Kier alpha value is -1.25. The molecule has 0 heterocycles. The number of carbonyl (C=O) groups is 1. The summed E-state index contributed by atoms with van der Waals surface area (Å²) in [6.45, 7) is 4.20. The van der Waals surface area contributed by atoms with Crippen molar-refractivity contribution >= 4 is 6.03 Å². The van der Waals surface area contributed by atoms with Crippen molar-refractivity contribution in [2.75, 3.05) is 13.2 Å². The molecule has 0 radical (unpaired) electrons. The minimum atomic E-state index is -1.05. The quantitative estimate of drug-likeness (QED) is 0.263. The average Bonchev–Trinajstić information content (AvgIpc) is 2.63.